The molecule has 0 radical (unpaired) electrons. The van der Waals surface area contributed by atoms with E-state index in [0.717, 1.165) is 0 Å². The molecule has 128 valence electrons. The minimum absolute atomic E-state index is 0.0928. The SMILES string of the molecule is Cn1nc(CC(=O)NNC(=O)OC(C)(C)C)c2ccccc2c1=O. The summed E-state index contributed by atoms with van der Waals surface area (Å²) < 4.78 is 6.20. The molecule has 0 aliphatic carbocycles. The van der Waals surface area contributed by atoms with Crippen LogP contribution in [-0.2, 0) is 23.0 Å². The Morgan fingerprint density at radius 3 is 2.42 bits per heavy atom. The molecule has 0 saturated heterocycles. The normalized spacial score (nSPS) is 11.2. The molecule has 0 unspecified atom stereocenters. The van der Waals surface area contributed by atoms with Crippen LogP contribution in [0.1, 0.15) is 26.5 Å². The van der Waals surface area contributed by atoms with Gasteiger partial charge in [0.1, 0.15) is 5.60 Å². The molecule has 0 aliphatic rings. The van der Waals surface area contributed by atoms with Crippen LogP contribution < -0.4 is 16.4 Å². The largest absolute Gasteiger partial charge is 0.443 e. The van der Waals surface area contributed by atoms with E-state index in [4.69, 9.17) is 4.74 Å². The fraction of sp³-hybridized carbons (Fsp3) is 0.375. The number of carbonyl (C=O) groups is 2. The quantitative estimate of drug-likeness (QED) is 0.800. The first-order chi connectivity index (χ1) is 11.2. The number of benzene rings is 1. The van der Waals surface area contributed by atoms with Gasteiger partial charge in [0.2, 0.25) is 5.91 Å². The van der Waals surface area contributed by atoms with Crippen molar-refractivity contribution in [1.82, 2.24) is 20.6 Å². The van der Waals surface area contributed by atoms with Crippen molar-refractivity contribution in [3.05, 3.63) is 40.3 Å². The first-order valence-corrected chi connectivity index (χ1v) is 7.40. The van der Waals surface area contributed by atoms with Crippen molar-refractivity contribution in [2.24, 2.45) is 7.05 Å². The number of rotatable bonds is 2. The Labute approximate surface area is 138 Å². The summed E-state index contributed by atoms with van der Waals surface area (Å²) in [7, 11) is 1.52. The van der Waals surface area contributed by atoms with Crippen molar-refractivity contribution >= 4 is 22.8 Å². The van der Waals surface area contributed by atoms with Crippen LogP contribution in [0, 0.1) is 0 Å². The van der Waals surface area contributed by atoms with Crippen molar-refractivity contribution in [2.45, 2.75) is 32.8 Å². The fourth-order valence-corrected chi connectivity index (χ4v) is 2.13. The van der Waals surface area contributed by atoms with Gasteiger partial charge in [-0.1, -0.05) is 18.2 Å². The Balaban J connectivity index is 2.10. The van der Waals surface area contributed by atoms with Gasteiger partial charge in [-0.3, -0.25) is 15.0 Å². The Morgan fingerprint density at radius 2 is 1.79 bits per heavy atom. The van der Waals surface area contributed by atoms with E-state index in [2.05, 4.69) is 16.0 Å². The summed E-state index contributed by atoms with van der Waals surface area (Å²) in [5, 5.41) is 5.22. The Hall–Kier alpha value is -2.90. The highest BCUT2D eigenvalue weighted by Crippen LogP contribution is 2.13. The fourth-order valence-electron chi connectivity index (χ4n) is 2.13. The second-order valence-electron chi connectivity index (χ2n) is 6.27. The smallest absolute Gasteiger partial charge is 0.426 e. The van der Waals surface area contributed by atoms with Gasteiger partial charge in [-0.25, -0.2) is 14.9 Å². The maximum atomic E-state index is 12.0. The zero-order valence-corrected chi connectivity index (χ0v) is 14.0. The van der Waals surface area contributed by atoms with Crippen LogP contribution in [0.4, 0.5) is 4.79 Å². The molecular formula is C16H20N4O4. The molecule has 1 aromatic heterocycles. The van der Waals surface area contributed by atoms with Crippen LogP contribution in [0.2, 0.25) is 0 Å². The van der Waals surface area contributed by atoms with E-state index in [9.17, 15) is 14.4 Å². The lowest BCUT2D eigenvalue weighted by Crippen LogP contribution is -2.45. The molecular weight excluding hydrogens is 312 g/mol. The molecule has 0 atom stereocenters. The zero-order valence-electron chi connectivity index (χ0n) is 14.0. The summed E-state index contributed by atoms with van der Waals surface area (Å²) >= 11 is 0. The van der Waals surface area contributed by atoms with Crippen molar-refractivity contribution in [1.29, 1.82) is 0 Å². The highest BCUT2D eigenvalue weighted by atomic mass is 16.6. The molecule has 0 fully saturated rings. The molecule has 8 heteroatoms. The third-order valence-electron chi connectivity index (χ3n) is 3.06. The van der Waals surface area contributed by atoms with E-state index in [1.54, 1.807) is 45.0 Å². The summed E-state index contributed by atoms with van der Waals surface area (Å²) in [5.74, 6) is -0.475. The Bertz CT molecular complexity index is 836. The van der Waals surface area contributed by atoms with Gasteiger partial charge < -0.3 is 4.74 Å². The van der Waals surface area contributed by atoms with E-state index in [1.807, 2.05) is 0 Å². The van der Waals surface area contributed by atoms with E-state index >= 15 is 0 Å². The van der Waals surface area contributed by atoms with E-state index in [1.165, 1.54) is 11.7 Å². The lowest BCUT2D eigenvalue weighted by Gasteiger charge is -2.19. The van der Waals surface area contributed by atoms with Crippen molar-refractivity contribution in [3.63, 3.8) is 0 Å². The van der Waals surface area contributed by atoms with Crippen molar-refractivity contribution < 1.29 is 14.3 Å². The molecule has 1 heterocycles. The van der Waals surface area contributed by atoms with Gasteiger partial charge in [0.05, 0.1) is 17.5 Å². The number of nitrogens with zero attached hydrogens (tertiary/aromatic N) is 2. The Kier molecular flexibility index (Phi) is 4.87. The number of fused-ring (bicyclic) bond motifs is 1. The highest BCUT2D eigenvalue weighted by molar-refractivity contribution is 5.88. The maximum Gasteiger partial charge on any atom is 0.426 e. The Morgan fingerprint density at radius 1 is 1.17 bits per heavy atom. The van der Waals surface area contributed by atoms with Crippen LogP contribution in [0.5, 0.6) is 0 Å². The summed E-state index contributed by atoms with van der Waals surface area (Å²) in [6.45, 7) is 5.15. The molecule has 2 rings (SSSR count). The van der Waals surface area contributed by atoms with Gasteiger partial charge in [0.25, 0.3) is 5.56 Å². The van der Waals surface area contributed by atoms with Crippen LogP contribution in [-0.4, -0.2) is 27.4 Å². The van der Waals surface area contributed by atoms with Crippen LogP contribution in [0.15, 0.2) is 29.1 Å². The van der Waals surface area contributed by atoms with Crippen LogP contribution in [0.3, 0.4) is 0 Å². The number of hydrogen-bond acceptors (Lipinski definition) is 5. The standard InChI is InChI=1S/C16H20N4O4/c1-16(2,3)24-15(23)18-17-13(21)9-12-10-7-5-6-8-11(10)14(22)20(4)19-12/h5-8H,9H2,1-4H3,(H,17,21)(H,18,23). The number of carbonyl (C=O) groups excluding carboxylic acids is 2. The van der Waals surface area contributed by atoms with Gasteiger partial charge in [-0.2, -0.15) is 5.10 Å². The highest BCUT2D eigenvalue weighted by Gasteiger charge is 2.17. The number of amides is 2. The molecule has 2 aromatic rings. The van der Waals surface area contributed by atoms with Crippen LogP contribution in [0.25, 0.3) is 10.8 Å². The predicted molar refractivity (Wildman–Crippen MR) is 88.2 cm³/mol. The number of hydrazine groups is 1. The summed E-state index contributed by atoms with van der Waals surface area (Å²) in [5.41, 5.74) is 3.98. The van der Waals surface area contributed by atoms with Gasteiger partial charge in [0.15, 0.2) is 0 Å². The van der Waals surface area contributed by atoms with E-state index in [0.29, 0.717) is 16.5 Å². The number of aryl methyl sites for hydroxylation is 1. The van der Waals surface area contributed by atoms with E-state index in [-0.39, 0.29) is 12.0 Å². The summed E-state index contributed by atoms with van der Waals surface area (Å²) in [6, 6.07) is 6.93. The van der Waals surface area contributed by atoms with E-state index < -0.39 is 17.6 Å². The first kappa shape index (κ1) is 17.5. The number of nitrogens with one attached hydrogen (secondary N) is 2. The molecule has 0 aliphatic heterocycles. The number of ether oxygens (including phenoxy) is 1. The molecule has 1 aromatic carbocycles. The van der Waals surface area contributed by atoms with Crippen molar-refractivity contribution in [3.8, 4) is 0 Å². The molecule has 2 N–H and O–H groups in total. The van der Waals surface area contributed by atoms with Gasteiger partial charge >= 0.3 is 6.09 Å². The predicted octanol–water partition coefficient (Wildman–Crippen LogP) is 1.03. The monoisotopic (exact) mass is 332 g/mol. The average Bonchev–Trinajstić information content (AvgIpc) is 2.49. The second kappa shape index (κ2) is 6.69. The number of hydrogen-bond donors (Lipinski definition) is 2. The van der Waals surface area contributed by atoms with Crippen molar-refractivity contribution in [2.75, 3.05) is 0 Å². The molecule has 8 nitrogen and oxygen atoms in total. The molecule has 0 bridgehead atoms. The third-order valence-corrected chi connectivity index (χ3v) is 3.06. The zero-order chi connectivity index (χ0) is 17.9. The minimum Gasteiger partial charge on any atom is -0.443 e. The van der Waals surface area contributed by atoms with Gasteiger partial charge in [-0.05, 0) is 26.8 Å². The summed E-state index contributed by atoms with van der Waals surface area (Å²) in [4.78, 5) is 35.6. The van der Waals surface area contributed by atoms with Gasteiger partial charge in [-0.15, -0.1) is 0 Å². The minimum atomic E-state index is -0.755. The molecule has 2 amide bonds. The first-order valence-electron chi connectivity index (χ1n) is 7.40. The second-order valence-corrected chi connectivity index (χ2v) is 6.27. The number of aromatic nitrogens is 2. The lowest BCUT2D eigenvalue weighted by molar-refractivity contribution is -0.121. The summed E-state index contributed by atoms with van der Waals surface area (Å²) in [6.07, 6.45) is -0.848. The maximum absolute atomic E-state index is 12.0. The third kappa shape index (κ3) is 4.31. The molecule has 0 saturated carbocycles. The topological polar surface area (TPSA) is 102 Å². The van der Waals surface area contributed by atoms with Gasteiger partial charge in [0, 0.05) is 12.4 Å². The molecule has 0 spiro atoms. The average molecular weight is 332 g/mol. The lowest BCUT2D eigenvalue weighted by atomic mass is 10.1. The molecule has 24 heavy (non-hydrogen) atoms. The van der Waals surface area contributed by atoms with Crippen LogP contribution >= 0.6 is 0 Å².